The number of nitrogens with two attached hydrogens (primary N) is 1. The molecular formula is C12H27N3. The van der Waals surface area contributed by atoms with Gasteiger partial charge in [-0.15, -0.1) is 0 Å². The van der Waals surface area contributed by atoms with Crippen LogP contribution < -0.4 is 5.73 Å². The van der Waals surface area contributed by atoms with Gasteiger partial charge in [0.2, 0.25) is 0 Å². The normalized spacial score (nSPS) is 26.8. The maximum absolute atomic E-state index is 5.64. The van der Waals surface area contributed by atoms with Crippen molar-refractivity contribution in [1.82, 2.24) is 9.80 Å². The zero-order chi connectivity index (χ0) is 11.3. The molecule has 0 spiro atoms. The van der Waals surface area contributed by atoms with Crippen molar-refractivity contribution >= 4 is 0 Å². The van der Waals surface area contributed by atoms with Gasteiger partial charge in [-0.2, -0.15) is 0 Å². The molecule has 1 aliphatic rings. The summed E-state index contributed by atoms with van der Waals surface area (Å²) in [6, 6.07) is 0.756. The van der Waals surface area contributed by atoms with Gasteiger partial charge in [-0.3, -0.25) is 0 Å². The van der Waals surface area contributed by atoms with E-state index in [-0.39, 0.29) is 0 Å². The van der Waals surface area contributed by atoms with Crippen molar-refractivity contribution < 1.29 is 0 Å². The van der Waals surface area contributed by atoms with Crippen LogP contribution in [0.3, 0.4) is 0 Å². The fourth-order valence-corrected chi connectivity index (χ4v) is 2.18. The lowest BCUT2D eigenvalue weighted by atomic mass is 10.1. The number of likely N-dealkylation sites (N-methyl/N-ethyl adjacent to an activating group) is 1. The largest absolute Gasteiger partial charge is 0.330 e. The van der Waals surface area contributed by atoms with Crippen LogP contribution in [0.4, 0.5) is 0 Å². The Morgan fingerprint density at radius 1 is 1.40 bits per heavy atom. The maximum atomic E-state index is 5.64. The van der Waals surface area contributed by atoms with E-state index in [4.69, 9.17) is 5.73 Å². The number of piperazine rings is 1. The van der Waals surface area contributed by atoms with E-state index in [9.17, 15) is 0 Å². The van der Waals surface area contributed by atoms with Crippen LogP contribution in [0.5, 0.6) is 0 Å². The van der Waals surface area contributed by atoms with Gasteiger partial charge in [0.05, 0.1) is 0 Å². The van der Waals surface area contributed by atoms with Crippen molar-refractivity contribution in [3.05, 3.63) is 0 Å². The average Bonchev–Trinajstić information content (AvgIpc) is 2.27. The molecule has 0 amide bonds. The molecule has 2 atom stereocenters. The summed E-state index contributed by atoms with van der Waals surface area (Å²) in [4.78, 5) is 5.09. The molecule has 15 heavy (non-hydrogen) atoms. The van der Waals surface area contributed by atoms with Crippen molar-refractivity contribution in [3.63, 3.8) is 0 Å². The highest BCUT2D eigenvalue weighted by Crippen LogP contribution is 2.12. The van der Waals surface area contributed by atoms with Gasteiger partial charge in [0.1, 0.15) is 0 Å². The Hall–Kier alpha value is -0.120. The van der Waals surface area contributed by atoms with Gasteiger partial charge in [0.15, 0.2) is 0 Å². The first-order valence-electron chi connectivity index (χ1n) is 6.30. The zero-order valence-electron chi connectivity index (χ0n) is 10.6. The van der Waals surface area contributed by atoms with Gasteiger partial charge in [-0.25, -0.2) is 0 Å². The van der Waals surface area contributed by atoms with Crippen LogP contribution in [0.1, 0.15) is 26.7 Å². The zero-order valence-corrected chi connectivity index (χ0v) is 10.6. The summed E-state index contributed by atoms with van der Waals surface area (Å²) in [5, 5.41) is 0. The Morgan fingerprint density at radius 3 is 2.73 bits per heavy atom. The standard InChI is InChI=1S/C12H27N3/c1-4-12-10-15(8-7-14(12)3)6-5-11(2)9-13/h11-12H,4-10,13H2,1-3H3. The second-order valence-electron chi connectivity index (χ2n) is 4.97. The third-order valence-electron chi connectivity index (χ3n) is 3.67. The molecule has 0 aliphatic carbocycles. The smallest absolute Gasteiger partial charge is 0.0218 e. The second-order valence-corrected chi connectivity index (χ2v) is 4.97. The summed E-state index contributed by atoms with van der Waals surface area (Å²) >= 11 is 0. The fraction of sp³-hybridized carbons (Fsp3) is 1.00. The molecule has 1 saturated heterocycles. The summed E-state index contributed by atoms with van der Waals surface area (Å²) in [5.41, 5.74) is 5.64. The lowest BCUT2D eigenvalue weighted by molar-refractivity contribution is 0.0897. The van der Waals surface area contributed by atoms with Gasteiger partial charge < -0.3 is 15.5 Å². The molecule has 0 aromatic rings. The average molecular weight is 213 g/mol. The molecule has 1 heterocycles. The quantitative estimate of drug-likeness (QED) is 0.739. The molecule has 90 valence electrons. The molecule has 0 aromatic carbocycles. The monoisotopic (exact) mass is 213 g/mol. The van der Waals surface area contributed by atoms with Gasteiger partial charge in [0, 0.05) is 25.7 Å². The molecule has 2 N–H and O–H groups in total. The van der Waals surface area contributed by atoms with Crippen LogP contribution in [0.15, 0.2) is 0 Å². The summed E-state index contributed by atoms with van der Waals surface area (Å²) in [6.07, 6.45) is 2.51. The lowest BCUT2D eigenvalue weighted by Crippen LogP contribution is -2.51. The minimum atomic E-state index is 0.671. The third-order valence-corrected chi connectivity index (χ3v) is 3.67. The van der Waals surface area contributed by atoms with Gasteiger partial charge in [0.25, 0.3) is 0 Å². The highest BCUT2D eigenvalue weighted by atomic mass is 15.3. The highest BCUT2D eigenvalue weighted by Gasteiger charge is 2.22. The fourth-order valence-electron chi connectivity index (χ4n) is 2.18. The van der Waals surface area contributed by atoms with Crippen LogP contribution in [0.25, 0.3) is 0 Å². The SMILES string of the molecule is CCC1CN(CCC(C)CN)CCN1C. The minimum Gasteiger partial charge on any atom is -0.330 e. The van der Waals surface area contributed by atoms with Crippen molar-refractivity contribution in [2.45, 2.75) is 32.7 Å². The molecule has 0 bridgehead atoms. The van der Waals surface area contributed by atoms with Crippen molar-refractivity contribution in [2.75, 3.05) is 39.8 Å². The highest BCUT2D eigenvalue weighted by molar-refractivity contribution is 4.79. The van der Waals surface area contributed by atoms with Crippen LogP contribution in [-0.4, -0.2) is 55.6 Å². The van der Waals surface area contributed by atoms with Gasteiger partial charge in [-0.1, -0.05) is 13.8 Å². The maximum Gasteiger partial charge on any atom is 0.0218 e. The van der Waals surface area contributed by atoms with Crippen molar-refractivity contribution in [2.24, 2.45) is 11.7 Å². The summed E-state index contributed by atoms with van der Waals surface area (Å²) < 4.78 is 0. The predicted molar refractivity (Wildman–Crippen MR) is 66.0 cm³/mol. The molecular weight excluding hydrogens is 186 g/mol. The molecule has 3 heteroatoms. The lowest BCUT2D eigenvalue weighted by Gasteiger charge is -2.39. The van der Waals surface area contributed by atoms with E-state index >= 15 is 0 Å². The molecule has 0 radical (unpaired) electrons. The van der Waals surface area contributed by atoms with Crippen LogP contribution in [0, 0.1) is 5.92 Å². The van der Waals surface area contributed by atoms with Crippen LogP contribution in [0.2, 0.25) is 0 Å². The molecule has 0 aromatic heterocycles. The van der Waals surface area contributed by atoms with Crippen LogP contribution >= 0.6 is 0 Å². The number of hydrogen-bond donors (Lipinski definition) is 1. The molecule has 1 rings (SSSR count). The molecule has 0 saturated carbocycles. The van der Waals surface area contributed by atoms with E-state index in [1.807, 2.05) is 0 Å². The number of rotatable bonds is 5. The van der Waals surface area contributed by atoms with Crippen LogP contribution in [-0.2, 0) is 0 Å². The Balaban J connectivity index is 2.26. The minimum absolute atomic E-state index is 0.671. The molecule has 1 fully saturated rings. The van der Waals surface area contributed by atoms with E-state index in [2.05, 4.69) is 30.7 Å². The first kappa shape index (κ1) is 12.9. The second kappa shape index (κ2) is 6.46. The van der Waals surface area contributed by atoms with Gasteiger partial charge >= 0.3 is 0 Å². The van der Waals surface area contributed by atoms with Crippen molar-refractivity contribution in [1.29, 1.82) is 0 Å². The number of hydrogen-bond acceptors (Lipinski definition) is 3. The predicted octanol–water partition coefficient (Wildman–Crippen LogP) is 0.997. The Bertz CT molecular complexity index is 172. The molecule has 2 unspecified atom stereocenters. The Morgan fingerprint density at radius 2 is 2.13 bits per heavy atom. The Labute approximate surface area is 94.6 Å². The topological polar surface area (TPSA) is 32.5 Å². The first-order chi connectivity index (χ1) is 7.17. The summed E-state index contributed by atoms with van der Waals surface area (Å²) in [6.45, 7) is 10.3. The molecule has 1 aliphatic heterocycles. The third kappa shape index (κ3) is 4.09. The first-order valence-corrected chi connectivity index (χ1v) is 6.30. The van der Waals surface area contributed by atoms with E-state index in [0.717, 1.165) is 12.6 Å². The Kier molecular flexibility index (Phi) is 5.58. The summed E-state index contributed by atoms with van der Waals surface area (Å²) in [7, 11) is 2.24. The van der Waals surface area contributed by atoms with E-state index in [1.54, 1.807) is 0 Å². The van der Waals surface area contributed by atoms with Crippen molar-refractivity contribution in [3.8, 4) is 0 Å². The van der Waals surface area contributed by atoms with E-state index in [0.29, 0.717) is 5.92 Å². The summed E-state index contributed by atoms with van der Waals surface area (Å²) in [5.74, 6) is 0.671. The number of nitrogens with zero attached hydrogens (tertiary/aromatic N) is 2. The molecule has 3 nitrogen and oxygen atoms in total. The van der Waals surface area contributed by atoms with E-state index in [1.165, 1.54) is 39.0 Å². The van der Waals surface area contributed by atoms with Gasteiger partial charge in [-0.05, 0) is 38.9 Å². The van der Waals surface area contributed by atoms with E-state index < -0.39 is 0 Å².